The minimum absolute atomic E-state index is 0.0373. The second-order valence-electron chi connectivity index (χ2n) is 8.80. The van der Waals surface area contributed by atoms with E-state index in [0.717, 1.165) is 31.9 Å². The minimum Gasteiger partial charge on any atom is -0.350 e. The van der Waals surface area contributed by atoms with Crippen molar-refractivity contribution in [1.82, 2.24) is 15.2 Å². The Labute approximate surface area is 210 Å². The summed E-state index contributed by atoms with van der Waals surface area (Å²) in [5, 5.41) is 4.28. The maximum atomic E-state index is 13.7. The molecule has 1 unspecified atom stereocenters. The smallest absolute Gasteiger partial charge is 0.274 e. The van der Waals surface area contributed by atoms with E-state index < -0.39 is 0 Å². The van der Waals surface area contributed by atoms with Crippen molar-refractivity contribution in [2.45, 2.75) is 26.3 Å². The van der Waals surface area contributed by atoms with E-state index in [1.807, 2.05) is 36.9 Å². The van der Waals surface area contributed by atoms with Gasteiger partial charge < -0.3 is 10.2 Å². The highest BCUT2D eigenvalue weighted by Crippen LogP contribution is 2.50. The lowest BCUT2D eigenvalue weighted by Gasteiger charge is -2.27. The number of amides is 2. The van der Waals surface area contributed by atoms with Gasteiger partial charge in [0.25, 0.3) is 11.8 Å². The van der Waals surface area contributed by atoms with E-state index in [9.17, 15) is 9.59 Å². The van der Waals surface area contributed by atoms with Crippen LogP contribution in [0.5, 0.6) is 0 Å². The monoisotopic (exact) mass is 543 g/mol. The van der Waals surface area contributed by atoms with E-state index >= 15 is 0 Å². The van der Waals surface area contributed by atoms with Crippen LogP contribution in [0.2, 0.25) is 5.02 Å². The number of halogens is 2. The van der Waals surface area contributed by atoms with Crippen molar-refractivity contribution >= 4 is 50.7 Å². The van der Waals surface area contributed by atoms with Crippen LogP contribution in [0.15, 0.2) is 46.9 Å². The molecular weight excluding hydrogens is 522 g/mol. The fourth-order valence-corrected chi connectivity index (χ4v) is 6.19. The van der Waals surface area contributed by atoms with Crippen LogP contribution in [0.25, 0.3) is 10.4 Å². The van der Waals surface area contributed by atoms with Crippen LogP contribution in [-0.2, 0) is 0 Å². The van der Waals surface area contributed by atoms with Crippen LogP contribution in [0.4, 0.5) is 0 Å². The molecule has 0 radical (unpaired) electrons. The van der Waals surface area contributed by atoms with E-state index in [0.29, 0.717) is 41.2 Å². The number of nitrogens with zero attached hydrogens (tertiary/aromatic N) is 2. The first-order chi connectivity index (χ1) is 15.8. The van der Waals surface area contributed by atoms with Gasteiger partial charge in [-0.05, 0) is 55.9 Å². The van der Waals surface area contributed by atoms with Gasteiger partial charge in [0.2, 0.25) is 0 Å². The fraction of sp³-hybridized carbons (Fsp3) is 0.320. The molecule has 2 fully saturated rings. The molecule has 8 heteroatoms. The number of benzene rings is 2. The predicted octanol–water partition coefficient (Wildman–Crippen LogP) is 5.73. The lowest BCUT2D eigenvalue weighted by atomic mass is 10.1. The van der Waals surface area contributed by atoms with Crippen molar-refractivity contribution in [2.24, 2.45) is 11.8 Å². The molecule has 2 heterocycles. The summed E-state index contributed by atoms with van der Waals surface area (Å²) in [5.74, 6) is 0.646. The molecule has 0 spiro atoms. The van der Waals surface area contributed by atoms with Gasteiger partial charge in [-0.1, -0.05) is 57.4 Å². The van der Waals surface area contributed by atoms with Crippen LogP contribution < -0.4 is 5.32 Å². The highest BCUT2D eigenvalue weighted by molar-refractivity contribution is 9.10. The minimum atomic E-state index is -0.234. The van der Waals surface area contributed by atoms with Gasteiger partial charge in [0.15, 0.2) is 0 Å². The molecule has 1 aliphatic heterocycles. The maximum absolute atomic E-state index is 13.7. The quantitative estimate of drug-likeness (QED) is 0.446. The summed E-state index contributed by atoms with van der Waals surface area (Å²) in [6, 6.07) is 13.3. The van der Waals surface area contributed by atoms with Gasteiger partial charge in [-0.25, -0.2) is 4.98 Å². The van der Waals surface area contributed by atoms with Gasteiger partial charge in [-0.3, -0.25) is 9.59 Å². The van der Waals surface area contributed by atoms with Crippen molar-refractivity contribution in [3.05, 3.63) is 73.8 Å². The SMILES string of the molecule is Cc1cccc(-c2sc(C)nc2C(=O)N2C[C@H]3CC3[C@H]2CNC(=O)c2cc(Br)ccc2Cl)c1. The lowest BCUT2D eigenvalue weighted by molar-refractivity contribution is 0.0690. The molecule has 1 aromatic heterocycles. The zero-order valence-electron chi connectivity index (χ0n) is 18.3. The molecule has 1 saturated carbocycles. The van der Waals surface area contributed by atoms with Crippen LogP contribution in [-0.4, -0.2) is 40.8 Å². The number of rotatable bonds is 5. The zero-order chi connectivity index (χ0) is 23.3. The van der Waals surface area contributed by atoms with Gasteiger partial charge in [-0.2, -0.15) is 0 Å². The van der Waals surface area contributed by atoms with Crippen molar-refractivity contribution in [2.75, 3.05) is 13.1 Å². The summed E-state index contributed by atoms with van der Waals surface area (Å²) >= 11 is 11.2. The normalized spacial score (nSPS) is 21.1. The third-order valence-electron chi connectivity index (χ3n) is 6.43. The Morgan fingerprint density at radius 1 is 1.24 bits per heavy atom. The van der Waals surface area contributed by atoms with Gasteiger partial charge in [0.1, 0.15) is 5.69 Å². The summed E-state index contributed by atoms with van der Waals surface area (Å²) in [7, 11) is 0. The molecule has 2 amide bonds. The summed E-state index contributed by atoms with van der Waals surface area (Å²) in [6.07, 6.45) is 1.10. The van der Waals surface area contributed by atoms with Crippen LogP contribution in [0.3, 0.4) is 0 Å². The molecule has 3 atom stereocenters. The number of carbonyl (C=O) groups excluding carboxylic acids is 2. The Kier molecular flexibility index (Phi) is 6.05. The van der Waals surface area contributed by atoms with Crippen molar-refractivity contribution in [3.8, 4) is 10.4 Å². The van der Waals surface area contributed by atoms with E-state index in [2.05, 4.69) is 32.3 Å². The van der Waals surface area contributed by atoms with Crippen molar-refractivity contribution in [1.29, 1.82) is 0 Å². The standard InChI is InChI=1S/C25H23BrClN3O2S/c1-13-4-3-5-15(8-13)23-22(29-14(2)33-23)25(32)30-12-16-9-18(16)21(30)11-28-24(31)19-10-17(26)6-7-20(19)27/h3-8,10,16,18,21H,9,11-12H2,1-2H3,(H,28,31)/t16-,18?,21-/m1/s1. The number of aromatic nitrogens is 1. The number of fused-ring (bicyclic) bond motifs is 1. The van der Waals surface area contributed by atoms with Gasteiger partial charge in [-0.15, -0.1) is 11.3 Å². The van der Waals surface area contributed by atoms with E-state index in [1.165, 1.54) is 0 Å². The third kappa shape index (κ3) is 4.46. The molecule has 1 aliphatic carbocycles. The largest absolute Gasteiger partial charge is 0.350 e. The summed E-state index contributed by atoms with van der Waals surface area (Å²) < 4.78 is 0.791. The Balaban J connectivity index is 1.36. The van der Waals surface area contributed by atoms with E-state index in [4.69, 9.17) is 11.6 Å². The topological polar surface area (TPSA) is 62.3 Å². The Morgan fingerprint density at radius 3 is 2.85 bits per heavy atom. The molecule has 1 saturated heterocycles. The molecule has 2 aliphatic rings. The van der Waals surface area contributed by atoms with Gasteiger partial charge >= 0.3 is 0 Å². The van der Waals surface area contributed by atoms with Crippen molar-refractivity contribution < 1.29 is 9.59 Å². The first-order valence-electron chi connectivity index (χ1n) is 10.9. The first kappa shape index (κ1) is 22.6. The Bertz CT molecular complexity index is 1260. The zero-order valence-corrected chi connectivity index (χ0v) is 21.4. The molecule has 33 heavy (non-hydrogen) atoms. The number of carbonyl (C=O) groups is 2. The number of hydrogen-bond donors (Lipinski definition) is 1. The van der Waals surface area contributed by atoms with Crippen LogP contribution in [0.1, 0.15) is 37.8 Å². The molecule has 3 aromatic rings. The third-order valence-corrected chi connectivity index (χ3v) is 8.27. The average molecular weight is 545 g/mol. The second kappa shape index (κ2) is 8.85. The molecular formula is C25H23BrClN3O2S. The highest BCUT2D eigenvalue weighted by atomic mass is 79.9. The molecule has 5 nitrogen and oxygen atoms in total. The predicted molar refractivity (Wildman–Crippen MR) is 135 cm³/mol. The first-order valence-corrected chi connectivity index (χ1v) is 12.9. The number of aryl methyl sites for hydroxylation is 2. The number of piperidine rings is 1. The number of nitrogens with one attached hydrogen (secondary N) is 1. The van der Waals surface area contributed by atoms with E-state index in [1.54, 1.807) is 29.5 Å². The number of hydrogen-bond acceptors (Lipinski definition) is 4. The average Bonchev–Trinajstić information content (AvgIpc) is 3.30. The van der Waals surface area contributed by atoms with E-state index in [-0.39, 0.29) is 17.9 Å². The van der Waals surface area contributed by atoms with Gasteiger partial charge in [0.05, 0.1) is 26.5 Å². The molecule has 2 aromatic carbocycles. The fourth-order valence-electron chi connectivity index (χ4n) is 4.72. The molecule has 0 bridgehead atoms. The van der Waals surface area contributed by atoms with Gasteiger partial charge in [0, 0.05) is 17.6 Å². The Hall–Kier alpha value is -2.22. The summed E-state index contributed by atoms with van der Waals surface area (Å²) in [5.41, 5.74) is 3.09. The maximum Gasteiger partial charge on any atom is 0.274 e. The van der Waals surface area contributed by atoms with Crippen LogP contribution >= 0.6 is 38.9 Å². The molecule has 170 valence electrons. The second-order valence-corrected chi connectivity index (χ2v) is 11.3. The lowest BCUT2D eigenvalue weighted by Crippen LogP contribution is -2.45. The highest BCUT2D eigenvalue weighted by Gasteiger charge is 2.54. The summed E-state index contributed by atoms with van der Waals surface area (Å²) in [6.45, 7) is 5.09. The molecule has 1 N–H and O–H groups in total. The van der Waals surface area contributed by atoms with Crippen LogP contribution in [0, 0.1) is 25.7 Å². The number of thiazole rings is 1. The Morgan fingerprint density at radius 2 is 2.06 bits per heavy atom. The molecule has 5 rings (SSSR count). The summed E-state index contributed by atoms with van der Waals surface area (Å²) in [4.78, 5) is 33.9. The van der Waals surface area contributed by atoms with Crippen molar-refractivity contribution in [3.63, 3.8) is 0 Å². The number of likely N-dealkylation sites (tertiary alicyclic amines) is 1.